The van der Waals surface area contributed by atoms with Gasteiger partial charge in [-0.15, -0.1) is 0 Å². The van der Waals surface area contributed by atoms with Crippen LogP contribution >= 0.6 is 0 Å². The lowest BCUT2D eigenvalue weighted by molar-refractivity contribution is 0.0714. The van der Waals surface area contributed by atoms with Crippen LogP contribution < -0.4 is 14.9 Å². The van der Waals surface area contributed by atoms with E-state index in [0.29, 0.717) is 34.6 Å². The van der Waals surface area contributed by atoms with Crippen LogP contribution in [0.25, 0.3) is 11.0 Å². The van der Waals surface area contributed by atoms with Gasteiger partial charge in [-0.3, -0.25) is 14.6 Å². The van der Waals surface area contributed by atoms with E-state index in [1.807, 2.05) is 30.3 Å². The minimum atomic E-state index is -0.643. The molecular weight excluding hydrogens is 468 g/mol. The lowest BCUT2D eigenvalue weighted by atomic mass is 9.98. The molecule has 2 aromatic heterocycles. The van der Waals surface area contributed by atoms with E-state index < -0.39 is 6.04 Å². The van der Waals surface area contributed by atoms with Crippen LogP contribution in [0.15, 0.2) is 76.2 Å². The Morgan fingerprint density at radius 2 is 1.86 bits per heavy atom. The number of amides is 1. The molecule has 0 N–H and O–H groups in total. The Hall–Kier alpha value is -4.13. The molecule has 4 aromatic rings. The number of nitrogens with zero attached hydrogens (tertiary/aromatic N) is 2. The molecule has 2 aromatic carbocycles. The second-order valence-electron chi connectivity index (χ2n) is 9.19. The van der Waals surface area contributed by atoms with Crippen molar-refractivity contribution in [2.45, 2.75) is 45.2 Å². The summed E-state index contributed by atoms with van der Waals surface area (Å²) in [5.74, 6) is 0.937. The van der Waals surface area contributed by atoms with E-state index in [9.17, 15) is 9.59 Å². The molecule has 0 aliphatic carbocycles. The molecule has 7 nitrogen and oxygen atoms in total. The van der Waals surface area contributed by atoms with Crippen molar-refractivity contribution in [2.75, 3.05) is 13.7 Å². The Labute approximate surface area is 215 Å². The van der Waals surface area contributed by atoms with E-state index in [2.05, 4.69) is 11.9 Å². The van der Waals surface area contributed by atoms with E-state index in [1.165, 1.54) is 12.8 Å². The second-order valence-corrected chi connectivity index (χ2v) is 9.19. The van der Waals surface area contributed by atoms with Gasteiger partial charge < -0.3 is 18.8 Å². The van der Waals surface area contributed by atoms with Crippen molar-refractivity contribution in [2.24, 2.45) is 0 Å². The molecule has 1 atom stereocenters. The van der Waals surface area contributed by atoms with Crippen LogP contribution in [0.1, 0.15) is 65.9 Å². The first-order valence-corrected chi connectivity index (χ1v) is 12.7. The highest BCUT2D eigenvalue weighted by molar-refractivity contribution is 5.99. The van der Waals surface area contributed by atoms with Gasteiger partial charge in [0.1, 0.15) is 5.58 Å². The maximum atomic E-state index is 13.7. The zero-order valence-corrected chi connectivity index (χ0v) is 21.1. The highest BCUT2D eigenvalue weighted by Gasteiger charge is 2.43. The second kappa shape index (κ2) is 10.9. The fourth-order valence-corrected chi connectivity index (χ4v) is 4.85. The zero-order valence-electron chi connectivity index (χ0n) is 21.1. The minimum absolute atomic E-state index is 0.0767. The monoisotopic (exact) mass is 498 g/mol. The quantitative estimate of drug-likeness (QED) is 0.253. The highest BCUT2D eigenvalue weighted by atomic mass is 16.5. The van der Waals surface area contributed by atoms with Crippen molar-refractivity contribution in [3.8, 4) is 11.5 Å². The van der Waals surface area contributed by atoms with Crippen LogP contribution in [0.4, 0.5) is 0 Å². The fraction of sp³-hybridized carbons (Fsp3) is 0.300. The number of ether oxygens (including phenoxy) is 2. The van der Waals surface area contributed by atoms with Gasteiger partial charge in [-0.1, -0.05) is 50.5 Å². The summed E-state index contributed by atoms with van der Waals surface area (Å²) < 4.78 is 17.7. The number of fused-ring (bicyclic) bond motifs is 2. The molecule has 0 radical (unpaired) electrons. The number of para-hydroxylation sites is 1. The topological polar surface area (TPSA) is 81.9 Å². The van der Waals surface area contributed by atoms with Crippen LogP contribution in [0.5, 0.6) is 11.5 Å². The lowest BCUT2D eigenvalue weighted by Crippen LogP contribution is -2.29. The van der Waals surface area contributed by atoms with Crippen LogP contribution in [0, 0.1) is 0 Å². The largest absolute Gasteiger partial charge is 0.493 e. The normalized spacial score (nSPS) is 14.7. The lowest BCUT2D eigenvalue weighted by Gasteiger charge is -2.26. The predicted molar refractivity (Wildman–Crippen MR) is 141 cm³/mol. The van der Waals surface area contributed by atoms with Gasteiger partial charge in [0.25, 0.3) is 5.91 Å². The third-order valence-electron chi connectivity index (χ3n) is 6.71. The van der Waals surface area contributed by atoms with E-state index in [1.54, 1.807) is 48.7 Å². The number of benzene rings is 2. The molecule has 0 spiro atoms. The summed E-state index contributed by atoms with van der Waals surface area (Å²) in [5.41, 5.74) is 2.12. The summed E-state index contributed by atoms with van der Waals surface area (Å²) >= 11 is 0. The highest BCUT2D eigenvalue weighted by Crippen LogP contribution is 2.41. The van der Waals surface area contributed by atoms with Gasteiger partial charge in [-0.25, -0.2) is 0 Å². The number of hydrogen-bond acceptors (Lipinski definition) is 6. The Morgan fingerprint density at radius 3 is 2.65 bits per heavy atom. The molecule has 1 aliphatic heterocycles. The molecule has 5 rings (SSSR count). The number of carbonyl (C=O) groups excluding carboxylic acids is 1. The van der Waals surface area contributed by atoms with Crippen molar-refractivity contribution in [3.05, 3.63) is 99.7 Å². The molecule has 0 saturated heterocycles. The summed E-state index contributed by atoms with van der Waals surface area (Å²) in [5, 5.41) is 0.446. The molecule has 1 aliphatic rings. The van der Waals surface area contributed by atoms with Gasteiger partial charge in [-0.05, 0) is 47.9 Å². The molecule has 7 heteroatoms. The Morgan fingerprint density at radius 1 is 1.00 bits per heavy atom. The number of pyridine rings is 1. The standard InChI is InChI=1S/C30H30N2O5/c1-3-4-5-8-16-36-24-14-13-21(17-25(24)35-2)27-26-28(33)22-11-6-7-12-23(22)37-29(26)30(34)32(27)19-20-10-9-15-31-18-20/h6-7,9-15,17-18,27H,3-5,8,16,19H2,1-2H3. The number of unbranched alkanes of at least 4 members (excludes halogenated alkanes) is 3. The number of hydrogen-bond donors (Lipinski definition) is 0. The molecule has 0 fully saturated rings. The van der Waals surface area contributed by atoms with Crippen LogP contribution in [0.2, 0.25) is 0 Å². The molecule has 1 amide bonds. The van der Waals surface area contributed by atoms with Gasteiger partial charge in [-0.2, -0.15) is 0 Å². The summed E-state index contributed by atoms with van der Waals surface area (Å²) in [6.07, 6.45) is 7.83. The molecule has 37 heavy (non-hydrogen) atoms. The average molecular weight is 499 g/mol. The third kappa shape index (κ3) is 4.81. The number of carbonyl (C=O) groups is 1. The van der Waals surface area contributed by atoms with Gasteiger partial charge >= 0.3 is 0 Å². The Balaban J connectivity index is 1.57. The van der Waals surface area contributed by atoms with E-state index in [-0.39, 0.29) is 23.6 Å². The van der Waals surface area contributed by atoms with Crippen LogP contribution in [0.3, 0.4) is 0 Å². The van der Waals surface area contributed by atoms with Crippen molar-refractivity contribution in [1.29, 1.82) is 0 Å². The Bertz CT molecular complexity index is 1460. The van der Waals surface area contributed by atoms with Gasteiger partial charge in [0.05, 0.1) is 30.7 Å². The molecule has 0 bridgehead atoms. The fourth-order valence-electron chi connectivity index (χ4n) is 4.85. The van der Waals surface area contributed by atoms with Crippen LogP contribution in [-0.2, 0) is 6.54 Å². The molecule has 190 valence electrons. The van der Waals surface area contributed by atoms with Crippen LogP contribution in [-0.4, -0.2) is 29.5 Å². The minimum Gasteiger partial charge on any atom is -0.493 e. The zero-order chi connectivity index (χ0) is 25.8. The summed E-state index contributed by atoms with van der Waals surface area (Å²) in [4.78, 5) is 33.2. The Kier molecular flexibility index (Phi) is 7.21. The van der Waals surface area contributed by atoms with Crippen molar-refractivity contribution in [1.82, 2.24) is 9.88 Å². The summed E-state index contributed by atoms with van der Waals surface area (Å²) in [6.45, 7) is 3.05. The summed E-state index contributed by atoms with van der Waals surface area (Å²) in [7, 11) is 1.59. The van der Waals surface area contributed by atoms with Gasteiger partial charge in [0, 0.05) is 18.9 Å². The average Bonchev–Trinajstić information content (AvgIpc) is 3.20. The number of aromatic nitrogens is 1. The smallest absolute Gasteiger partial charge is 0.291 e. The van der Waals surface area contributed by atoms with Gasteiger partial charge in [0.2, 0.25) is 5.76 Å². The first-order valence-electron chi connectivity index (χ1n) is 12.7. The molecule has 3 heterocycles. The van der Waals surface area contributed by atoms with E-state index in [0.717, 1.165) is 24.0 Å². The molecule has 1 unspecified atom stereocenters. The molecular formula is C30H30N2O5. The number of methoxy groups -OCH3 is 1. The SMILES string of the molecule is CCCCCCOc1ccc(C2c3c(oc4ccccc4c3=O)C(=O)N2Cc2cccnc2)cc1OC. The maximum absolute atomic E-state index is 13.7. The predicted octanol–water partition coefficient (Wildman–Crippen LogP) is 5.90. The molecule has 0 saturated carbocycles. The third-order valence-corrected chi connectivity index (χ3v) is 6.71. The van der Waals surface area contributed by atoms with Gasteiger partial charge in [0.15, 0.2) is 16.9 Å². The van der Waals surface area contributed by atoms with E-state index in [4.69, 9.17) is 13.9 Å². The van der Waals surface area contributed by atoms with E-state index >= 15 is 0 Å². The first kappa shape index (κ1) is 24.6. The first-order chi connectivity index (χ1) is 18.1. The summed E-state index contributed by atoms with van der Waals surface area (Å²) in [6, 6.07) is 15.7. The van der Waals surface area contributed by atoms with Crippen molar-refractivity contribution < 1.29 is 18.7 Å². The maximum Gasteiger partial charge on any atom is 0.291 e. The van der Waals surface area contributed by atoms with Crippen molar-refractivity contribution in [3.63, 3.8) is 0 Å². The number of rotatable bonds is 10. The van der Waals surface area contributed by atoms with Crippen molar-refractivity contribution >= 4 is 16.9 Å².